The van der Waals surface area contributed by atoms with Gasteiger partial charge in [0.2, 0.25) is 0 Å². The standard InChI is InChI=1S/C19H28FN3O3.HI/c1-2-21-19(22-8-11-24-16-6-3-5-15(20)13-16)23-9-12-26-18(14-23)17-7-4-10-25-17;/h3,5-6,13,17-18H,2,4,7-12,14H2,1H3,(H,21,22);1H. The Bertz CT molecular complexity index is 599. The minimum atomic E-state index is -0.298. The Kier molecular flexibility index (Phi) is 9.57. The van der Waals surface area contributed by atoms with E-state index in [0.717, 1.165) is 45.0 Å². The van der Waals surface area contributed by atoms with Crippen LogP contribution in [-0.2, 0) is 9.47 Å². The normalized spacial score (nSPS) is 23.0. The fraction of sp³-hybridized carbons (Fsp3) is 0.632. The second-order valence-electron chi connectivity index (χ2n) is 6.45. The van der Waals surface area contributed by atoms with Crippen molar-refractivity contribution < 1.29 is 18.6 Å². The van der Waals surface area contributed by atoms with Crippen molar-refractivity contribution in [3.05, 3.63) is 30.1 Å². The molecule has 6 nitrogen and oxygen atoms in total. The molecular formula is C19H29FIN3O3. The molecule has 1 aromatic carbocycles. The molecule has 3 rings (SSSR count). The van der Waals surface area contributed by atoms with E-state index < -0.39 is 0 Å². The van der Waals surface area contributed by atoms with Gasteiger partial charge in [0.05, 0.1) is 19.3 Å². The van der Waals surface area contributed by atoms with Gasteiger partial charge < -0.3 is 24.4 Å². The van der Waals surface area contributed by atoms with Gasteiger partial charge in [-0.05, 0) is 31.9 Å². The average Bonchev–Trinajstić information content (AvgIpc) is 3.19. The Balaban J connectivity index is 0.00000261. The van der Waals surface area contributed by atoms with Gasteiger partial charge in [0.1, 0.15) is 24.3 Å². The summed E-state index contributed by atoms with van der Waals surface area (Å²) in [5, 5.41) is 3.34. The second-order valence-corrected chi connectivity index (χ2v) is 6.45. The van der Waals surface area contributed by atoms with Crippen LogP contribution in [0.15, 0.2) is 29.3 Å². The summed E-state index contributed by atoms with van der Waals surface area (Å²) < 4.78 is 30.4. The summed E-state index contributed by atoms with van der Waals surface area (Å²) in [7, 11) is 0. The number of hydrogen-bond acceptors (Lipinski definition) is 4. The minimum absolute atomic E-state index is 0. The van der Waals surface area contributed by atoms with Gasteiger partial charge in [-0.1, -0.05) is 6.07 Å². The molecule has 0 aliphatic carbocycles. The van der Waals surface area contributed by atoms with E-state index in [1.54, 1.807) is 12.1 Å². The van der Waals surface area contributed by atoms with Crippen LogP contribution in [0.4, 0.5) is 4.39 Å². The molecule has 0 radical (unpaired) electrons. The third-order valence-corrected chi connectivity index (χ3v) is 4.53. The molecule has 2 aliphatic heterocycles. The number of halogens is 2. The summed E-state index contributed by atoms with van der Waals surface area (Å²) in [4.78, 5) is 6.88. The van der Waals surface area contributed by atoms with Gasteiger partial charge in [-0.15, -0.1) is 24.0 Å². The Morgan fingerprint density at radius 2 is 2.19 bits per heavy atom. The highest BCUT2D eigenvalue weighted by Crippen LogP contribution is 2.21. The molecule has 1 aromatic rings. The topological polar surface area (TPSA) is 55.3 Å². The number of nitrogens with one attached hydrogen (secondary N) is 1. The fourth-order valence-corrected chi connectivity index (χ4v) is 3.29. The van der Waals surface area contributed by atoms with Crippen LogP contribution < -0.4 is 10.1 Å². The minimum Gasteiger partial charge on any atom is -0.492 e. The Labute approximate surface area is 177 Å². The molecule has 8 heteroatoms. The number of guanidine groups is 1. The molecule has 0 bridgehead atoms. The van der Waals surface area contributed by atoms with Crippen molar-refractivity contribution in [3.63, 3.8) is 0 Å². The molecule has 2 fully saturated rings. The summed E-state index contributed by atoms with van der Waals surface area (Å²) in [5.74, 6) is 1.09. The molecule has 2 heterocycles. The largest absolute Gasteiger partial charge is 0.492 e. The van der Waals surface area contributed by atoms with E-state index >= 15 is 0 Å². The molecule has 0 spiro atoms. The maximum atomic E-state index is 13.2. The van der Waals surface area contributed by atoms with Crippen LogP contribution in [0.2, 0.25) is 0 Å². The van der Waals surface area contributed by atoms with Gasteiger partial charge >= 0.3 is 0 Å². The first-order valence-corrected chi connectivity index (χ1v) is 9.41. The maximum Gasteiger partial charge on any atom is 0.194 e. The van der Waals surface area contributed by atoms with Crippen LogP contribution in [0.3, 0.4) is 0 Å². The Morgan fingerprint density at radius 1 is 1.33 bits per heavy atom. The molecule has 0 saturated carbocycles. The molecule has 152 valence electrons. The lowest BCUT2D eigenvalue weighted by Gasteiger charge is -2.37. The van der Waals surface area contributed by atoms with E-state index in [1.807, 2.05) is 0 Å². The molecule has 2 aliphatic rings. The van der Waals surface area contributed by atoms with Gasteiger partial charge in [-0.2, -0.15) is 0 Å². The van der Waals surface area contributed by atoms with Crippen LogP contribution >= 0.6 is 24.0 Å². The van der Waals surface area contributed by atoms with Crippen molar-refractivity contribution in [1.29, 1.82) is 0 Å². The number of nitrogens with zero attached hydrogens (tertiary/aromatic N) is 2. The van der Waals surface area contributed by atoms with Crippen LogP contribution in [0.25, 0.3) is 0 Å². The van der Waals surface area contributed by atoms with Gasteiger partial charge in [0, 0.05) is 32.3 Å². The molecule has 0 aromatic heterocycles. The third kappa shape index (κ3) is 6.76. The monoisotopic (exact) mass is 493 g/mol. The molecule has 1 N–H and O–H groups in total. The van der Waals surface area contributed by atoms with Crippen molar-refractivity contribution in [2.45, 2.75) is 32.0 Å². The van der Waals surface area contributed by atoms with Crippen molar-refractivity contribution in [2.24, 2.45) is 4.99 Å². The van der Waals surface area contributed by atoms with Crippen LogP contribution in [0.1, 0.15) is 19.8 Å². The quantitative estimate of drug-likeness (QED) is 0.286. The smallest absolute Gasteiger partial charge is 0.194 e. The molecule has 2 unspecified atom stereocenters. The number of benzene rings is 1. The zero-order valence-electron chi connectivity index (χ0n) is 15.7. The first-order valence-electron chi connectivity index (χ1n) is 9.41. The summed E-state index contributed by atoms with van der Waals surface area (Å²) in [6.45, 7) is 6.84. The van der Waals surface area contributed by atoms with Crippen molar-refractivity contribution in [2.75, 3.05) is 46.0 Å². The lowest BCUT2D eigenvalue weighted by Crippen LogP contribution is -2.53. The van der Waals surface area contributed by atoms with E-state index in [-0.39, 0.29) is 42.0 Å². The number of morpholine rings is 1. The van der Waals surface area contributed by atoms with Crippen molar-refractivity contribution in [1.82, 2.24) is 10.2 Å². The predicted molar refractivity (Wildman–Crippen MR) is 114 cm³/mol. The Morgan fingerprint density at radius 3 is 2.93 bits per heavy atom. The van der Waals surface area contributed by atoms with Gasteiger partial charge in [0.15, 0.2) is 5.96 Å². The zero-order chi connectivity index (χ0) is 18.2. The fourth-order valence-electron chi connectivity index (χ4n) is 3.29. The highest BCUT2D eigenvalue weighted by Gasteiger charge is 2.32. The van der Waals surface area contributed by atoms with Gasteiger partial charge in [-0.25, -0.2) is 9.38 Å². The summed E-state index contributed by atoms with van der Waals surface area (Å²) in [6, 6.07) is 6.16. The number of ether oxygens (including phenoxy) is 3. The highest BCUT2D eigenvalue weighted by molar-refractivity contribution is 14.0. The molecule has 27 heavy (non-hydrogen) atoms. The van der Waals surface area contributed by atoms with Crippen LogP contribution in [-0.4, -0.2) is 69.1 Å². The first-order chi connectivity index (χ1) is 12.8. The summed E-state index contributed by atoms with van der Waals surface area (Å²) in [6.07, 6.45) is 2.46. The molecule has 2 saturated heterocycles. The summed E-state index contributed by atoms with van der Waals surface area (Å²) >= 11 is 0. The Hall–Kier alpha value is -1.13. The lowest BCUT2D eigenvalue weighted by molar-refractivity contribution is -0.0817. The van der Waals surface area contributed by atoms with E-state index in [0.29, 0.717) is 25.5 Å². The van der Waals surface area contributed by atoms with E-state index in [9.17, 15) is 4.39 Å². The molecular weight excluding hydrogens is 464 g/mol. The van der Waals surface area contributed by atoms with Crippen molar-refractivity contribution in [3.8, 4) is 5.75 Å². The van der Waals surface area contributed by atoms with Gasteiger partial charge in [-0.3, -0.25) is 0 Å². The maximum absolute atomic E-state index is 13.2. The number of aliphatic imine (C=N–C) groups is 1. The predicted octanol–water partition coefficient (Wildman–Crippen LogP) is 2.67. The SMILES string of the molecule is CCNC(=NCCOc1cccc(F)c1)N1CCOC(C2CCCO2)C1.I. The lowest BCUT2D eigenvalue weighted by atomic mass is 10.1. The third-order valence-electron chi connectivity index (χ3n) is 4.53. The first kappa shape index (κ1) is 22.2. The van der Waals surface area contributed by atoms with Crippen LogP contribution in [0, 0.1) is 5.82 Å². The van der Waals surface area contributed by atoms with Crippen molar-refractivity contribution >= 4 is 29.9 Å². The van der Waals surface area contributed by atoms with E-state index in [2.05, 4.69) is 22.1 Å². The number of rotatable bonds is 6. The summed E-state index contributed by atoms with van der Waals surface area (Å²) in [5.41, 5.74) is 0. The molecule has 2 atom stereocenters. The second kappa shape index (κ2) is 11.7. The van der Waals surface area contributed by atoms with Crippen LogP contribution in [0.5, 0.6) is 5.75 Å². The average molecular weight is 493 g/mol. The zero-order valence-corrected chi connectivity index (χ0v) is 18.1. The van der Waals surface area contributed by atoms with E-state index in [4.69, 9.17) is 14.2 Å². The highest BCUT2D eigenvalue weighted by atomic mass is 127. The molecule has 0 amide bonds. The van der Waals surface area contributed by atoms with Gasteiger partial charge in [0.25, 0.3) is 0 Å². The number of hydrogen-bond donors (Lipinski definition) is 1. The van der Waals surface area contributed by atoms with E-state index in [1.165, 1.54) is 12.1 Å².